The lowest BCUT2D eigenvalue weighted by Gasteiger charge is -2.40. The number of hydrogen-bond acceptors (Lipinski definition) is 8. The number of hydrogen-bond donors (Lipinski definition) is 3. The molecule has 13 heteroatoms. The molecule has 3 aromatic carbocycles. The van der Waals surface area contributed by atoms with Crippen LogP contribution in [0, 0.1) is 21.8 Å². The van der Waals surface area contributed by atoms with Crippen LogP contribution in [0.5, 0.6) is 0 Å². The van der Waals surface area contributed by atoms with Gasteiger partial charge in [-0.2, -0.15) is 0 Å². The fraction of sp³-hybridized carbons (Fsp3) is 0.375. The minimum atomic E-state index is -1.48. The van der Waals surface area contributed by atoms with E-state index in [2.05, 4.69) is 10.6 Å². The van der Waals surface area contributed by atoms with Gasteiger partial charge in [0.25, 0.3) is 5.69 Å². The molecule has 1 saturated heterocycles. The van der Waals surface area contributed by atoms with Crippen LogP contribution in [-0.4, -0.2) is 58.6 Å². The molecule has 0 radical (unpaired) electrons. The van der Waals surface area contributed by atoms with Crippen LogP contribution >= 0.6 is 23.2 Å². The Bertz CT molecular complexity index is 1700. The first kappa shape index (κ1) is 31.4. The first-order valence-electron chi connectivity index (χ1n) is 14.6. The van der Waals surface area contributed by atoms with Crippen molar-refractivity contribution in [3.8, 4) is 0 Å². The van der Waals surface area contributed by atoms with Crippen molar-refractivity contribution in [3.05, 3.63) is 103 Å². The zero-order valence-electron chi connectivity index (χ0n) is 24.4. The van der Waals surface area contributed by atoms with Crippen LogP contribution < -0.4 is 10.6 Å². The lowest BCUT2D eigenvalue weighted by Crippen LogP contribution is -2.55. The molecule has 5 atom stereocenters. The maximum absolute atomic E-state index is 16.1. The van der Waals surface area contributed by atoms with Gasteiger partial charge in [-0.1, -0.05) is 47.5 Å². The molecule has 0 aromatic heterocycles. The number of rotatable bonds is 9. The number of aliphatic hydroxyl groups excluding tert-OH is 1. The Morgan fingerprint density at radius 1 is 1.24 bits per heavy atom. The summed E-state index contributed by atoms with van der Waals surface area (Å²) in [4.78, 5) is 40.0. The first-order valence-corrected chi connectivity index (χ1v) is 15.3. The van der Waals surface area contributed by atoms with Gasteiger partial charge in [-0.25, -0.2) is 9.18 Å². The van der Waals surface area contributed by atoms with Gasteiger partial charge in [0.1, 0.15) is 11.4 Å². The van der Waals surface area contributed by atoms with E-state index >= 15 is 4.39 Å². The van der Waals surface area contributed by atoms with Crippen molar-refractivity contribution in [3.63, 3.8) is 0 Å². The predicted octanol–water partition coefficient (Wildman–Crippen LogP) is 5.39. The minimum absolute atomic E-state index is 0.0157. The number of benzene rings is 3. The second-order valence-electron chi connectivity index (χ2n) is 11.9. The summed E-state index contributed by atoms with van der Waals surface area (Å²) in [5, 5.41) is 30.1. The number of nitrogens with one attached hydrogen (secondary N) is 2. The molecular weight excluding hydrogens is 626 g/mol. The second kappa shape index (κ2) is 12.0. The van der Waals surface area contributed by atoms with Crippen molar-refractivity contribution in [2.75, 3.05) is 19.0 Å². The summed E-state index contributed by atoms with van der Waals surface area (Å²) >= 11 is 12.6. The molecule has 45 heavy (non-hydrogen) atoms. The number of halogens is 3. The van der Waals surface area contributed by atoms with E-state index in [1.165, 1.54) is 25.3 Å². The zero-order valence-corrected chi connectivity index (χ0v) is 25.9. The predicted molar refractivity (Wildman–Crippen MR) is 166 cm³/mol. The number of ether oxygens (including phenoxy) is 1. The molecule has 1 spiro atoms. The van der Waals surface area contributed by atoms with Gasteiger partial charge < -0.3 is 20.5 Å². The topological polar surface area (TPSA) is 134 Å². The lowest BCUT2D eigenvalue weighted by atomic mass is 9.73. The summed E-state index contributed by atoms with van der Waals surface area (Å²) in [6.45, 7) is 1.98. The van der Waals surface area contributed by atoms with E-state index in [4.69, 9.17) is 27.9 Å². The van der Waals surface area contributed by atoms with Crippen LogP contribution in [0.15, 0.2) is 54.6 Å². The Morgan fingerprint density at radius 3 is 2.67 bits per heavy atom. The SMILES string of the molecule is COC(=O)c1ccc(CN[C@@H]2C([C@H](C)O)N(CC3CC3)[C@@]3(C(=O)Nc4cc(Cl)ccc43)[C@H]2c2cccc(Cl)c2F)c([N+](=O)[O-])c1. The number of anilines is 1. The van der Waals surface area contributed by atoms with Crippen molar-refractivity contribution in [2.24, 2.45) is 5.92 Å². The Balaban J connectivity index is 1.54. The number of amides is 1. The highest BCUT2D eigenvalue weighted by Crippen LogP contribution is 2.59. The highest BCUT2D eigenvalue weighted by atomic mass is 35.5. The van der Waals surface area contributed by atoms with Crippen LogP contribution in [0.3, 0.4) is 0 Å². The second-order valence-corrected chi connectivity index (χ2v) is 12.7. The quantitative estimate of drug-likeness (QED) is 0.159. The summed E-state index contributed by atoms with van der Waals surface area (Å²) < 4.78 is 20.8. The Hall–Kier alpha value is -3.61. The molecule has 3 aromatic rings. The molecule has 6 rings (SSSR count). The highest BCUT2D eigenvalue weighted by Gasteiger charge is 2.68. The molecule has 0 bridgehead atoms. The standard InChI is InChI=1S/C32H31Cl2FN4O6/c1-16(40)29-28(36-14-19-9-8-18(30(41)45-2)12-25(19)39(43)44)26(21-4-3-5-23(34)27(21)35)32(38(29)15-17-6-7-17)22-11-10-20(33)13-24(22)37-31(32)42/h3-5,8-13,16-17,26,28-29,36,40H,6-7,14-15H2,1-2H3,(H,37,42)/t16-,26-,28-,29?,32+/m0/s1. The van der Waals surface area contributed by atoms with E-state index in [-0.39, 0.29) is 39.9 Å². The molecule has 2 fully saturated rings. The average molecular weight is 658 g/mol. The third kappa shape index (κ3) is 5.26. The summed E-state index contributed by atoms with van der Waals surface area (Å²) in [6.07, 6.45) is 0.883. The number of methoxy groups -OCH3 is 1. The smallest absolute Gasteiger partial charge is 0.338 e. The van der Waals surface area contributed by atoms with Crippen molar-refractivity contribution in [1.82, 2.24) is 10.2 Å². The summed E-state index contributed by atoms with van der Waals surface area (Å²) in [7, 11) is 1.18. The zero-order chi connectivity index (χ0) is 32.2. The molecule has 236 valence electrons. The lowest BCUT2D eigenvalue weighted by molar-refractivity contribution is -0.385. The number of fused-ring (bicyclic) bond motifs is 2. The molecular formula is C32H31Cl2FN4O6. The largest absolute Gasteiger partial charge is 0.465 e. The van der Waals surface area contributed by atoms with E-state index in [9.17, 15) is 24.8 Å². The third-order valence-electron chi connectivity index (χ3n) is 9.17. The van der Waals surface area contributed by atoms with Crippen LogP contribution in [0.1, 0.15) is 52.7 Å². The van der Waals surface area contributed by atoms with Gasteiger partial charge >= 0.3 is 5.97 Å². The first-order chi connectivity index (χ1) is 21.5. The number of nitrogens with zero attached hydrogens (tertiary/aromatic N) is 2. The van der Waals surface area contributed by atoms with Crippen LogP contribution in [0.2, 0.25) is 10.0 Å². The third-order valence-corrected chi connectivity index (χ3v) is 9.70. The fourth-order valence-electron chi connectivity index (χ4n) is 7.13. The van der Waals surface area contributed by atoms with E-state index in [0.717, 1.165) is 18.9 Å². The summed E-state index contributed by atoms with van der Waals surface area (Å²) in [6, 6.07) is 12.2. The fourth-order valence-corrected chi connectivity index (χ4v) is 7.48. The van der Waals surface area contributed by atoms with E-state index in [1.807, 2.05) is 4.90 Å². The number of carbonyl (C=O) groups excluding carboxylic acids is 2. The Morgan fingerprint density at radius 2 is 2.00 bits per heavy atom. The minimum Gasteiger partial charge on any atom is -0.465 e. The Labute approximate surface area is 268 Å². The number of carbonyl (C=O) groups is 2. The van der Waals surface area contributed by atoms with E-state index in [0.29, 0.717) is 22.8 Å². The number of nitro groups is 1. The molecule has 1 unspecified atom stereocenters. The molecule has 3 N–H and O–H groups in total. The monoisotopic (exact) mass is 656 g/mol. The molecule has 10 nitrogen and oxygen atoms in total. The molecule has 2 heterocycles. The van der Waals surface area contributed by atoms with Crippen LogP contribution in [0.4, 0.5) is 15.8 Å². The summed E-state index contributed by atoms with van der Waals surface area (Å²) in [5.41, 5.74) is -0.288. The van der Waals surface area contributed by atoms with Gasteiger partial charge in [0.2, 0.25) is 5.91 Å². The van der Waals surface area contributed by atoms with Gasteiger partial charge in [0, 0.05) is 53.0 Å². The molecule has 1 aliphatic carbocycles. The molecule has 1 amide bonds. The van der Waals surface area contributed by atoms with Crippen molar-refractivity contribution < 1.29 is 28.7 Å². The normalized spacial score (nSPS) is 24.8. The van der Waals surface area contributed by atoms with Crippen molar-refractivity contribution in [2.45, 2.75) is 56.0 Å². The van der Waals surface area contributed by atoms with Gasteiger partial charge in [-0.05, 0) is 55.5 Å². The maximum Gasteiger partial charge on any atom is 0.338 e. The molecule has 2 aliphatic heterocycles. The molecule has 3 aliphatic rings. The molecule has 1 saturated carbocycles. The average Bonchev–Trinajstić information content (AvgIpc) is 3.72. The number of aliphatic hydroxyl groups is 1. The summed E-state index contributed by atoms with van der Waals surface area (Å²) in [5.74, 6) is -2.49. The Kier molecular flexibility index (Phi) is 8.34. The maximum atomic E-state index is 16.1. The number of likely N-dealkylation sites (tertiary alicyclic amines) is 1. The van der Waals surface area contributed by atoms with Gasteiger partial charge in [0.15, 0.2) is 0 Å². The van der Waals surface area contributed by atoms with Gasteiger partial charge in [-0.3, -0.25) is 19.8 Å². The van der Waals surface area contributed by atoms with Crippen molar-refractivity contribution >= 4 is 46.5 Å². The van der Waals surface area contributed by atoms with E-state index < -0.39 is 52.3 Å². The van der Waals surface area contributed by atoms with Crippen LogP contribution in [-0.2, 0) is 21.6 Å². The van der Waals surface area contributed by atoms with Crippen molar-refractivity contribution in [1.29, 1.82) is 0 Å². The number of esters is 1. The van der Waals surface area contributed by atoms with Crippen LogP contribution in [0.25, 0.3) is 0 Å². The van der Waals surface area contributed by atoms with Gasteiger partial charge in [-0.15, -0.1) is 0 Å². The van der Waals surface area contributed by atoms with Gasteiger partial charge in [0.05, 0.1) is 34.8 Å². The highest BCUT2D eigenvalue weighted by molar-refractivity contribution is 6.31. The number of nitro benzene ring substituents is 1. The van der Waals surface area contributed by atoms with E-state index in [1.54, 1.807) is 37.3 Å².